The van der Waals surface area contributed by atoms with E-state index in [4.69, 9.17) is 0 Å². The molecule has 1 aromatic heterocycles. The van der Waals surface area contributed by atoms with Crippen molar-refractivity contribution in [3.63, 3.8) is 0 Å². The van der Waals surface area contributed by atoms with E-state index in [-0.39, 0.29) is 12.3 Å². The van der Waals surface area contributed by atoms with E-state index in [1.54, 1.807) is 6.21 Å². The molecule has 3 aromatic carbocycles. The minimum atomic E-state index is -0.173. The Labute approximate surface area is 195 Å². The van der Waals surface area contributed by atoms with Gasteiger partial charge in [-0.25, -0.2) is 5.43 Å². The summed E-state index contributed by atoms with van der Waals surface area (Å²) in [7, 11) is 0. The number of para-hydroxylation sites is 1. The number of carbonyl (C=O) groups excluding carboxylic acids is 1. The fourth-order valence-electron chi connectivity index (χ4n) is 3.76. The Morgan fingerprint density at radius 2 is 1.81 bits per heavy atom. The van der Waals surface area contributed by atoms with Gasteiger partial charge in [-0.05, 0) is 42.3 Å². The highest BCUT2D eigenvalue weighted by molar-refractivity contribution is 9.10. The number of rotatable bonds is 6. The molecule has 32 heavy (non-hydrogen) atoms. The molecule has 0 spiro atoms. The molecule has 0 radical (unpaired) electrons. The van der Waals surface area contributed by atoms with Crippen LogP contribution < -0.4 is 5.43 Å². The van der Waals surface area contributed by atoms with E-state index in [2.05, 4.69) is 43.2 Å². The predicted octanol–water partition coefficient (Wildman–Crippen LogP) is 5.33. The molecule has 0 saturated carbocycles. The normalized spacial score (nSPS) is 11.0. The fraction of sp³-hybridized carbons (Fsp3) is 0.115. The summed E-state index contributed by atoms with van der Waals surface area (Å²) in [5.41, 5.74) is 8.20. The van der Waals surface area contributed by atoms with Crippen LogP contribution in [-0.4, -0.2) is 16.7 Å². The first-order valence-corrected chi connectivity index (χ1v) is 11.0. The quantitative estimate of drug-likeness (QED) is 0.297. The van der Waals surface area contributed by atoms with Crippen LogP contribution in [0, 0.1) is 18.3 Å². The SMILES string of the molecule is Cc1c(/C=N/NC(=O)Cc2ccc(Br)cc2)c2ccccc2n1Cc1ccccc1C#N. The molecule has 0 aliphatic rings. The summed E-state index contributed by atoms with van der Waals surface area (Å²) >= 11 is 3.39. The summed E-state index contributed by atoms with van der Waals surface area (Å²) in [4.78, 5) is 12.3. The van der Waals surface area contributed by atoms with Gasteiger partial charge in [-0.15, -0.1) is 0 Å². The van der Waals surface area contributed by atoms with Crippen molar-refractivity contribution < 1.29 is 4.79 Å². The molecule has 0 atom stereocenters. The van der Waals surface area contributed by atoms with E-state index in [9.17, 15) is 10.1 Å². The maximum atomic E-state index is 12.3. The molecule has 4 aromatic rings. The van der Waals surface area contributed by atoms with E-state index in [1.807, 2.05) is 73.7 Å². The maximum absolute atomic E-state index is 12.3. The molecule has 6 heteroatoms. The maximum Gasteiger partial charge on any atom is 0.244 e. The molecule has 0 aliphatic heterocycles. The first-order chi connectivity index (χ1) is 15.6. The Hall–Kier alpha value is -3.69. The molecule has 0 aliphatic carbocycles. The number of halogens is 1. The second-order valence-corrected chi connectivity index (χ2v) is 8.38. The fourth-order valence-corrected chi connectivity index (χ4v) is 4.02. The lowest BCUT2D eigenvalue weighted by atomic mass is 10.1. The molecule has 0 saturated heterocycles. The Morgan fingerprint density at radius 3 is 2.59 bits per heavy atom. The zero-order valence-electron chi connectivity index (χ0n) is 17.5. The second kappa shape index (κ2) is 9.63. The Morgan fingerprint density at radius 1 is 1.09 bits per heavy atom. The van der Waals surface area contributed by atoms with E-state index in [0.29, 0.717) is 12.1 Å². The molecule has 0 unspecified atom stereocenters. The minimum absolute atomic E-state index is 0.173. The zero-order chi connectivity index (χ0) is 22.5. The number of hydrogen-bond acceptors (Lipinski definition) is 3. The molecule has 0 bridgehead atoms. The Kier molecular flexibility index (Phi) is 6.48. The van der Waals surface area contributed by atoms with Gasteiger partial charge in [-0.2, -0.15) is 10.4 Å². The number of amides is 1. The lowest BCUT2D eigenvalue weighted by molar-refractivity contribution is -0.120. The highest BCUT2D eigenvalue weighted by Crippen LogP contribution is 2.26. The van der Waals surface area contributed by atoms with E-state index in [1.165, 1.54) is 0 Å². The molecule has 4 rings (SSSR count). The smallest absolute Gasteiger partial charge is 0.244 e. The number of nitriles is 1. The molecule has 1 heterocycles. The topological polar surface area (TPSA) is 70.2 Å². The number of carbonyl (C=O) groups is 1. The van der Waals surface area contributed by atoms with Gasteiger partial charge in [0.1, 0.15) is 0 Å². The van der Waals surface area contributed by atoms with E-state index < -0.39 is 0 Å². The highest BCUT2D eigenvalue weighted by atomic mass is 79.9. The van der Waals surface area contributed by atoms with Gasteiger partial charge >= 0.3 is 0 Å². The highest BCUT2D eigenvalue weighted by Gasteiger charge is 2.14. The first kappa shape index (κ1) is 21.5. The molecule has 0 fully saturated rings. The number of nitrogens with one attached hydrogen (secondary N) is 1. The van der Waals surface area contributed by atoms with Gasteiger partial charge in [0.15, 0.2) is 0 Å². The molecular formula is C26H21BrN4O. The molecule has 5 nitrogen and oxygen atoms in total. The van der Waals surface area contributed by atoms with Gasteiger partial charge in [-0.3, -0.25) is 4.79 Å². The third kappa shape index (κ3) is 4.63. The van der Waals surface area contributed by atoms with Crippen LogP contribution in [0.3, 0.4) is 0 Å². The van der Waals surface area contributed by atoms with Crippen molar-refractivity contribution in [2.24, 2.45) is 5.10 Å². The average molecular weight is 485 g/mol. The van der Waals surface area contributed by atoms with Gasteiger partial charge < -0.3 is 4.57 Å². The predicted molar refractivity (Wildman–Crippen MR) is 131 cm³/mol. The Bertz CT molecular complexity index is 1350. The minimum Gasteiger partial charge on any atom is -0.340 e. The van der Waals surface area contributed by atoms with Crippen molar-refractivity contribution in [2.75, 3.05) is 0 Å². The summed E-state index contributed by atoms with van der Waals surface area (Å²) in [5.74, 6) is -0.173. The monoisotopic (exact) mass is 484 g/mol. The van der Waals surface area contributed by atoms with Gasteiger partial charge in [0.05, 0.1) is 24.3 Å². The number of benzene rings is 3. The van der Waals surface area contributed by atoms with Crippen LogP contribution in [0.15, 0.2) is 82.4 Å². The summed E-state index contributed by atoms with van der Waals surface area (Å²) < 4.78 is 3.15. The average Bonchev–Trinajstić information content (AvgIpc) is 3.07. The van der Waals surface area contributed by atoms with Crippen LogP contribution in [-0.2, 0) is 17.8 Å². The first-order valence-electron chi connectivity index (χ1n) is 10.2. The van der Waals surface area contributed by atoms with Crippen LogP contribution in [0.4, 0.5) is 0 Å². The lowest BCUT2D eigenvalue weighted by Crippen LogP contribution is -2.19. The molecular weight excluding hydrogens is 464 g/mol. The molecule has 158 valence electrons. The summed E-state index contributed by atoms with van der Waals surface area (Å²) in [6, 6.07) is 25.6. The number of nitrogens with zero attached hydrogens (tertiary/aromatic N) is 3. The second-order valence-electron chi connectivity index (χ2n) is 7.47. The third-order valence-electron chi connectivity index (χ3n) is 5.41. The molecule has 1 N–H and O–H groups in total. The summed E-state index contributed by atoms with van der Waals surface area (Å²) in [6.45, 7) is 2.61. The third-order valence-corrected chi connectivity index (χ3v) is 5.94. The largest absolute Gasteiger partial charge is 0.340 e. The van der Waals surface area contributed by atoms with Gasteiger partial charge in [0.2, 0.25) is 5.91 Å². The number of aromatic nitrogens is 1. The van der Waals surface area contributed by atoms with E-state index in [0.717, 1.165) is 37.8 Å². The van der Waals surface area contributed by atoms with Crippen molar-refractivity contribution in [1.82, 2.24) is 9.99 Å². The van der Waals surface area contributed by atoms with Crippen LogP contribution in [0.25, 0.3) is 10.9 Å². The number of hydrazone groups is 1. The van der Waals surface area contributed by atoms with Crippen molar-refractivity contribution >= 4 is 39.0 Å². The number of fused-ring (bicyclic) bond motifs is 1. The molecule has 1 amide bonds. The number of hydrogen-bond donors (Lipinski definition) is 1. The van der Waals surface area contributed by atoms with Crippen molar-refractivity contribution in [3.8, 4) is 6.07 Å². The van der Waals surface area contributed by atoms with Crippen molar-refractivity contribution in [3.05, 3.63) is 105 Å². The van der Waals surface area contributed by atoms with Crippen molar-refractivity contribution in [2.45, 2.75) is 19.9 Å². The van der Waals surface area contributed by atoms with Gasteiger partial charge in [0.25, 0.3) is 0 Å². The Balaban J connectivity index is 1.58. The zero-order valence-corrected chi connectivity index (χ0v) is 19.1. The summed E-state index contributed by atoms with van der Waals surface area (Å²) in [5, 5.41) is 14.7. The van der Waals surface area contributed by atoms with Crippen LogP contribution in [0.2, 0.25) is 0 Å². The summed E-state index contributed by atoms with van der Waals surface area (Å²) in [6.07, 6.45) is 1.96. The van der Waals surface area contributed by atoms with Crippen LogP contribution in [0.1, 0.15) is 27.9 Å². The van der Waals surface area contributed by atoms with Crippen molar-refractivity contribution in [1.29, 1.82) is 5.26 Å². The van der Waals surface area contributed by atoms with Crippen LogP contribution in [0.5, 0.6) is 0 Å². The van der Waals surface area contributed by atoms with Gasteiger partial charge in [0, 0.05) is 33.2 Å². The van der Waals surface area contributed by atoms with Crippen LogP contribution >= 0.6 is 15.9 Å². The van der Waals surface area contributed by atoms with E-state index >= 15 is 0 Å². The standard InChI is InChI=1S/C26H21BrN4O/c1-18-24(16-29-30-26(32)14-19-10-12-22(27)13-11-19)23-8-4-5-9-25(23)31(18)17-21-7-3-2-6-20(21)15-28/h2-13,16H,14,17H2,1H3,(H,30,32)/b29-16+. The lowest BCUT2D eigenvalue weighted by Gasteiger charge is -2.10. The van der Waals surface area contributed by atoms with Gasteiger partial charge in [-0.1, -0.05) is 64.5 Å².